The summed E-state index contributed by atoms with van der Waals surface area (Å²) in [6.45, 7) is 5.20. The second-order valence-corrected chi connectivity index (χ2v) is 9.59. The number of fused-ring (bicyclic) bond motifs is 4. The molecule has 1 radical (unpaired) electrons. The molecule has 40 heavy (non-hydrogen) atoms. The molecule has 0 amide bonds. The van der Waals surface area contributed by atoms with Crippen molar-refractivity contribution < 1.29 is 29.1 Å². The van der Waals surface area contributed by atoms with E-state index < -0.39 is 0 Å². The summed E-state index contributed by atoms with van der Waals surface area (Å²) in [5.74, 6) is 0. The van der Waals surface area contributed by atoms with Gasteiger partial charge >= 0.3 is 6.01 Å². The Labute approximate surface area is 248 Å². The van der Waals surface area contributed by atoms with E-state index in [1.165, 1.54) is 11.3 Å². The van der Waals surface area contributed by atoms with Gasteiger partial charge in [0.05, 0.1) is 5.58 Å². The van der Waals surface area contributed by atoms with Crippen molar-refractivity contribution >= 4 is 45.0 Å². The third-order valence-corrected chi connectivity index (χ3v) is 6.81. The number of unbranched alkanes of at least 4 members (excludes halogenated alkanes) is 1. The zero-order valence-electron chi connectivity index (χ0n) is 22.5. The Hall–Kier alpha value is -4.14. The molecule has 0 fully saturated rings. The van der Waals surface area contributed by atoms with Gasteiger partial charge in [0.2, 0.25) is 0 Å². The standard InChI is InChI=1S/C23H19N2O.C12H10N.Ir/c1-2-3-15-24-16-25(20-12-6-5-11-19(20)24)21-13-8-10-18-17-9-4-7-14-22(17)26-23(18)21;1-10-7-8-12(13-9-10)11-5-3-2-4-6-11;/h4-12,14H,2-3,15H2,1H3;2-5,7-9H,1H3;/q+1;-1;. The third-order valence-electron chi connectivity index (χ3n) is 6.81. The predicted molar refractivity (Wildman–Crippen MR) is 158 cm³/mol. The van der Waals surface area contributed by atoms with Crippen LogP contribution in [0.1, 0.15) is 25.3 Å². The van der Waals surface area contributed by atoms with Crippen molar-refractivity contribution in [1.82, 2.24) is 9.56 Å². The molecule has 0 bridgehead atoms. The summed E-state index contributed by atoms with van der Waals surface area (Å²) in [7, 11) is 0. The molecule has 4 aromatic carbocycles. The number of rotatable bonds is 5. The van der Waals surface area contributed by atoms with Crippen LogP contribution in [0.4, 0.5) is 17.1 Å². The average Bonchev–Trinajstić information content (AvgIpc) is 3.56. The van der Waals surface area contributed by atoms with Gasteiger partial charge in [0.1, 0.15) is 5.58 Å². The van der Waals surface area contributed by atoms with Crippen LogP contribution < -0.4 is 4.58 Å². The summed E-state index contributed by atoms with van der Waals surface area (Å²) in [4.78, 5) is 4.32. The Balaban J connectivity index is 0.000000195. The molecule has 199 valence electrons. The van der Waals surface area contributed by atoms with Gasteiger partial charge in [-0.2, -0.15) is 12.1 Å². The van der Waals surface area contributed by atoms with Crippen molar-refractivity contribution in [2.45, 2.75) is 26.7 Å². The minimum Gasteiger partial charge on any atom is -0.509 e. The van der Waals surface area contributed by atoms with Crippen LogP contribution in [0.5, 0.6) is 0 Å². The van der Waals surface area contributed by atoms with Crippen molar-refractivity contribution in [1.29, 1.82) is 0 Å². The van der Waals surface area contributed by atoms with E-state index in [-0.39, 0.29) is 20.1 Å². The van der Waals surface area contributed by atoms with Crippen LogP contribution in [0.25, 0.3) is 33.2 Å². The van der Waals surface area contributed by atoms with E-state index in [1.54, 1.807) is 0 Å². The van der Waals surface area contributed by atoms with Gasteiger partial charge in [0.25, 0.3) is 11.4 Å². The van der Waals surface area contributed by atoms with Gasteiger partial charge in [-0.05, 0) is 24.2 Å². The van der Waals surface area contributed by atoms with E-state index in [4.69, 9.17) is 4.42 Å². The molecule has 1 aliphatic rings. The zero-order chi connectivity index (χ0) is 26.6. The molecule has 5 heteroatoms. The van der Waals surface area contributed by atoms with E-state index in [2.05, 4.69) is 81.7 Å². The minimum absolute atomic E-state index is 0. The molecule has 0 atom stereocenters. The molecule has 7 rings (SSSR count). The average molecular weight is 700 g/mol. The number of benzene rings is 4. The first kappa shape index (κ1) is 27.4. The second kappa shape index (κ2) is 12.4. The first-order chi connectivity index (χ1) is 19.2. The fourth-order valence-electron chi connectivity index (χ4n) is 4.79. The minimum atomic E-state index is 0. The number of hydrogen-bond donors (Lipinski definition) is 0. The Kier molecular flexibility index (Phi) is 8.48. The largest absolute Gasteiger partial charge is 0.509 e. The summed E-state index contributed by atoms with van der Waals surface area (Å²) in [6.07, 6.45) is 4.16. The normalized spacial score (nSPS) is 11.8. The van der Waals surface area contributed by atoms with Gasteiger partial charge in [-0.3, -0.25) is 0 Å². The van der Waals surface area contributed by atoms with Gasteiger partial charge in [0.15, 0.2) is 12.2 Å². The molecular weight excluding hydrogens is 671 g/mol. The van der Waals surface area contributed by atoms with E-state index in [0.717, 1.165) is 64.0 Å². The Bertz CT molecular complexity index is 1830. The molecule has 3 heterocycles. The molecule has 0 saturated carbocycles. The smallest absolute Gasteiger partial charge is 0.494 e. The summed E-state index contributed by atoms with van der Waals surface area (Å²) in [6, 6.07) is 42.6. The summed E-state index contributed by atoms with van der Waals surface area (Å²) >= 11 is 0. The Morgan fingerprint density at radius 2 is 1.62 bits per heavy atom. The quantitative estimate of drug-likeness (QED) is 0.133. The maximum atomic E-state index is 6.20. The topological polar surface area (TPSA) is 32.0 Å². The second-order valence-electron chi connectivity index (χ2n) is 9.59. The number of nitrogens with zero attached hydrogens (tertiary/aromatic N) is 3. The monoisotopic (exact) mass is 700 g/mol. The molecule has 4 nitrogen and oxygen atoms in total. The fourth-order valence-corrected chi connectivity index (χ4v) is 4.79. The summed E-state index contributed by atoms with van der Waals surface area (Å²) < 4.78 is 10.5. The van der Waals surface area contributed by atoms with Crippen LogP contribution in [0.2, 0.25) is 0 Å². The number of hydrogen-bond acceptors (Lipinski definition) is 2. The number of aryl methyl sites for hydroxylation is 1. The first-order valence-corrected chi connectivity index (χ1v) is 13.4. The molecular formula is C35H29IrN3O. The first-order valence-electron chi connectivity index (χ1n) is 13.4. The van der Waals surface area contributed by atoms with Gasteiger partial charge in [-0.25, -0.2) is 0 Å². The van der Waals surface area contributed by atoms with Gasteiger partial charge in [-0.1, -0.05) is 70.3 Å². The Morgan fingerprint density at radius 1 is 0.825 bits per heavy atom. The van der Waals surface area contributed by atoms with E-state index in [9.17, 15) is 0 Å². The molecule has 0 saturated heterocycles. The molecule has 0 N–H and O–H groups in total. The van der Waals surface area contributed by atoms with Crippen LogP contribution in [0.15, 0.2) is 108 Å². The third kappa shape index (κ3) is 5.46. The number of para-hydroxylation sites is 3. The van der Waals surface area contributed by atoms with Gasteiger partial charge in [0, 0.05) is 50.2 Å². The van der Waals surface area contributed by atoms with E-state index in [1.807, 2.05) is 67.7 Å². The van der Waals surface area contributed by atoms with Crippen LogP contribution in [-0.2, 0) is 20.1 Å². The molecule has 0 unspecified atom stereocenters. The molecule has 1 aliphatic heterocycles. The number of furan rings is 1. The van der Waals surface area contributed by atoms with E-state index >= 15 is 0 Å². The van der Waals surface area contributed by atoms with Crippen LogP contribution in [0.3, 0.4) is 0 Å². The predicted octanol–water partition coefficient (Wildman–Crippen LogP) is 8.71. The zero-order valence-corrected chi connectivity index (χ0v) is 24.9. The fraction of sp³-hybridized carbons (Fsp3) is 0.143. The van der Waals surface area contributed by atoms with Crippen LogP contribution >= 0.6 is 0 Å². The molecule has 6 aromatic rings. The van der Waals surface area contributed by atoms with Gasteiger partial charge < -0.3 is 9.40 Å². The van der Waals surface area contributed by atoms with Crippen molar-refractivity contribution in [2.75, 3.05) is 6.54 Å². The van der Waals surface area contributed by atoms with Crippen LogP contribution in [0, 0.1) is 19.1 Å². The molecule has 2 aromatic heterocycles. The van der Waals surface area contributed by atoms with E-state index in [0.29, 0.717) is 0 Å². The maximum absolute atomic E-state index is 6.20. The maximum Gasteiger partial charge on any atom is 0.494 e. The summed E-state index contributed by atoms with van der Waals surface area (Å²) in [5, 5.41) is 2.24. The Morgan fingerprint density at radius 3 is 2.40 bits per heavy atom. The summed E-state index contributed by atoms with van der Waals surface area (Å²) in [5.41, 5.74) is 8.17. The number of aromatic nitrogens is 1. The van der Waals surface area contributed by atoms with Gasteiger partial charge in [-0.15, -0.1) is 42.0 Å². The molecule has 0 aliphatic carbocycles. The SMILES string of the molecule is CCCC[N+]1=C=[N+](c2[c-]ccc3c2oc2ccccc23)c2ccccc21.Cc1ccc(-c2[c-]cccc2)nc1.[Ir]. The van der Waals surface area contributed by atoms with Crippen molar-refractivity contribution in [3.63, 3.8) is 0 Å². The van der Waals surface area contributed by atoms with Crippen molar-refractivity contribution in [3.05, 3.63) is 121 Å². The molecule has 0 spiro atoms. The van der Waals surface area contributed by atoms with Crippen molar-refractivity contribution in [3.8, 4) is 11.3 Å². The number of pyridine rings is 1. The van der Waals surface area contributed by atoms with Crippen LogP contribution in [-0.4, -0.2) is 22.1 Å². The van der Waals surface area contributed by atoms with Crippen molar-refractivity contribution in [2.24, 2.45) is 0 Å².